The van der Waals surface area contributed by atoms with Gasteiger partial charge in [-0.1, -0.05) is 6.92 Å². The summed E-state index contributed by atoms with van der Waals surface area (Å²) < 4.78 is 4.56. The van der Waals surface area contributed by atoms with Crippen LogP contribution in [-0.2, 0) is 14.3 Å². The van der Waals surface area contributed by atoms with Crippen molar-refractivity contribution in [2.24, 2.45) is 5.41 Å². The Hall–Kier alpha value is -0.860. The number of hydrogen-bond donors (Lipinski definition) is 0. The Morgan fingerprint density at radius 1 is 1.64 bits per heavy atom. The first-order valence-electron chi connectivity index (χ1n) is 3.62. The van der Waals surface area contributed by atoms with E-state index in [1.165, 1.54) is 7.11 Å². The maximum atomic E-state index is 11.1. The number of aldehydes is 1. The van der Waals surface area contributed by atoms with Gasteiger partial charge in [0, 0.05) is 6.42 Å². The molecule has 1 atom stereocenters. The summed E-state index contributed by atoms with van der Waals surface area (Å²) in [5.74, 6) is -0.313. The van der Waals surface area contributed by atoms with Crippen LogP contribution in [0.15, 0.2) is 0 Å². The van der Waals surface area contributed by atoms with E-state index in [1.807, 2.05) is 6.92 Å². The Bertz CT molecular complexity index is 153. The molecule has 3 heteroatoms. The molecule has 0 amide bonds. The maximum absolute atomic E-state index is 11.1. The van der Waals surface area contributed by atoms with Crippen molar-refractivity contribution in [3.8, 4) is 0 Å². The molecule has 0 aromatic heterocycles. The van der Waals surface area contributed by atoms with Crippen LogP contribution in [0.3, 0.4) is 0 Å². The molecule has 11 heavy (non-hydrogen) atoms. The highest BCUT2D eigenvalue weighted by atomic mass is 16.5. The summed E-state index contributed by atoms with van der Waals surface area (Å²) in [5, 5.41) is 0. The molecule has 0 saturated heterocycles. The number of hydrogen-bond acceptors (Lipinski definition) is 3. The third-order valence-electron chi connectivity index (χ3n) is 1.99. The summed E-state index contributed by atoms with van der Waals surface area (Å²) in [5.41, 5.74) is -0.628. The molecule has 3 nitrogen and oxygen atoms in total. The topological polar surface area (TPSA) is 43.4 Å². The summed E-state index contributed by atoms with van der Waals surface area (Å²) in [6.07, 6.45) is 1.61. The van der Waals surface area contributed by atoms with Gasteiger partial charge in [0.1, 0.15) is 6.29 Å². The second-order valence-corrected chi connectivity index (χ2v) is 2.78. The first kappa shape index (κ1) is 10.1. The molecule has 0 fully saturated rings. The maximum Gasteiger partial charge on any atom is 0.311 e. The van der Waals surface area contributed by atoms with E-state index >= 15 is 0 Å². The van der Waals surface area contributed by atoms with Crippen molar-refractivity contribution in [1.82, 2.24) is 0 Å². The molecule has 0 radical (unpaired) electrons. The van der Waals surface area contributed by atoms with Gasteiger partial charge in [-0.2, -0.15) is 0 Å². The zero-order chi connectivity index (χ0) is 8.91. The second-order valence-electron chi connectivity index (χ2n) is 2.78. The molecule has 0 aromatic carbocycles. The predicted molar refractivity (Wildman–Crippen MR) is 41.1 cm³/mol. The van der Waals surface area contributed by atoms with Crippen molar-refractivity contribution in [3.05, 3.63) is 0 Å². The Morgan fingerprint density at radius 2 is 2.18 bits per heavy atom. The Balaban J connectivity index is 4.31. The monoisotopic (exact) mass is 158 g/mol. The molecule has 0 aromatic rings. The average molecular weight is 158 g/mol. The average Bonchev–Trinajstić information content (AvgIpc) is 2.03. The fourth-order valence-corrected chi connectivity index (χ4v) is 0.802. The number of carbonyl (C=O) groups is 2. The lowest BCUT2D eigenvalue weighted by Gasteiger charge is -2.21. The van der Waals surface area contributed by atoms with Crippen molar-refractivity contribution in [2.75, 3.05) is 7.11 Å². The lowest BCUT2D eigenvalue weighted by molar-refractivity contribution is -0.153. The van der Waals surface area contributed by atoms with Gasteiger partial charge in [-0.05, 0) is 13.3 Å². The summed E-state index contributed by atoms with van der Waals surface area (Å²) in [6.45, 7) is 3.59. The van der Waals surface area contributed by atoms with Crippen LogP contribution < -0.4 is 0 Å². The van der Waals surface area contributed by atoms with Crippen molar-refractivity contribution < 1.29 is 14.3 Å². The second kappa shape index (κ2) is 4.11. The molecule has 0 aliphatic rings. The van der Waals surface area contributed by atoms with Crippen LogP contribution in [-0.4, -0.2) is 19.4 Å². The lowest BCUT2D eigenvalue weighted by atomic mass is 9.85. The molecule has 1 unspecified atom stereocenters. The van der Waals surface area contributed by atoms with Gasteiger partial charge in [0.15, 0.2) is 0 Å². The van der Waals surface area contributed by atoms with E-state index in [0.29, 0.717) is 6.42 Å². The quantitative estimate of drug-likeness (QED) is 0.455. The van der Waals surface area contributed by atoms with Gasteiger partial charge in [0.05, 0.1) is 12.5 Å². The largest absolute Gasteiger partial charge is 0.469 e. The zero-order valence-electron chi connectivity index (χ0n) is 7.22. The van der Waals surface area contributed by atoms with Gasteiger partial charge in [0.2, 0.25) is 0 Å². The molecule has 0 bridgehead atoms. The SMILES string of the molecule is CCC(C)(CC=O)C(=O)OC. The van der Waals surface area contributed by atoms with Crippen molar-refractivity contribution in [2.45, 2.75) is 26.7 Å². The van der Waals surface area contributed by atoms with E-state index in [9.17, 15) is 9.59 Å². The van der Waals surface area contributed by atoms with Crippen LogP contribution in [0.25, 0.3) is 0 Å². The minimum atomic E-state index is -0.628. The molecule has 64 valence electrons. The van der Waals surface area contributed by atoms with Crippen LogP contribution in [0.1, 0.15) is 26.7 Å². The fraction of sp³-hybridized carbons (Fsp3) is 0.750. The first-order chi connectivity index (χ1) is 5.10. The predicted octanol–water partition coefficient (Wildman–Crippen LogP) is 1.16. The van der Waals surface area contributed by atoms with Gasteiger partial charge >= 0.3 is 5.97 Å². The zero-order valence-corrected chi connectivity index (χ0v) is 7.22. The normalized spacial score (nSPS) is 15.2. The van der Waals surface area contributed by atoms with Crippen LogP contribution in [0.4, 0.5) is 0 Å². The summed E-state index contributed by atoms with van der Waals surface area (Å²) >= 11 is 0. The van der Waals surface area contributed by atoms with Crippen LogP contribution >= 0.6 is 0 Å². The lowest BCUT2D eigenvalue weighted by Crippen LogP contribution is -2.28. The van der Waals surface area contributed by atoms with E-state index in [0.717, 1.165) is 6.29 Å². The number of carbonyl (C=O) groups excluding carboxylic acids is 2. The molecule has 0 rings (SSSR count). The number of ether oxygens (including phenoxy) is 1. The third kappa shape index (κ3) is 2.33. The van der Waals surface area contributed by atoms with Crippen molar-refractivity contribution >= 4 is 12.3 Å². The van der Waals surface area contributed by atoms with Gasteiger partial charge < -0.3 is 9.53 Å². The number of esters is 1. The first-order valence-corrected chi connectivity index (χ1v) is 3.62. The van der Waals surface area contributed by atoms with Crippen molar-refractivity contribution in [3.63, 3.8) is 0 Å². The highest BCUT2D eigenvalue weighted by molar-refractivity contribution is 5.79. The van der Waals surface area contributed by atoms with Crippen LogP contribution in [0.5, 0.6) is 0 Å². The number of methoxy groups -OCH3 is 1. The van der Waals surface area contributed by atoms with Gasteiger partial charge in [-0.15, -0.1) is 0 Å². The molecular weight excluding hydrogens is 144 g/mol. The molecule has 0 N–H and O–H groups in total. The highest BCUT2D eigenvalue weighted by Crippen LogP contribution is 2.25. The van der Waals surface area contributed by atoms with E-state index < -0.39 is 5.41 Å². The molecule has 0 spiro atoms. The number of rotatable bonds is 4. The molecule has 0 aliphatic heterocycles. The molecule has 0 saturated carbocycles. The molecular formula is C8H14O3. The van der Waals surface area contributed by atoms with Crippen LogP contribution in [0.2, 0.25) is 0 Å². The minimum absolute atomic E-state index is 0.232. The van der Waals surface area contributed by atoms with Gasteiger partial charge in [0.25, 0.3) is 0 Å². The summed E-state index contributed by atoms with van der Waals surface area (Å²) in [4.78, 5) is 21.3. The molecule has 0 heterocycles. The van der Waals surface area contributed by atoms with Crippen molar-refractivity contribution in [1.29, 1.82) is 0 Å². The fourth-order valence-electron chi connectivity index (χ4n) is 0.802. The molecule has 0 aliphatic carbocycles. The third-order valence-corrected chi connectivity index (χ3v) is 1.99. The Morgan fingerprint density at radius 3 is 2.45 bits per heavy atom. The van der Waals surface area contributed by atoms with Crippen LogP contribution in [0, 0.1) is 5.41 Å². The Kier molecular flexibility index (Phi) is 3.79. The van der Waals surface area contributed by atoms with E-state index in [1.54, 1.807) is 6.92 Å². The highest BCUT2D eigenvalue weighted by Gasteiger charge is 2.31. The van der Waals surface area contributed by atoms with E-state index in [4.69, 9.17) is 0 Å². The van der Waals surface area contributed by atoms with Gasteiger partial charge in [-0.3, -0.25) is 4.79 Å². The standard InChI is InChI=1S/C8H14O3/c1-4-8(2,5-6-9)7(10)11-3/h6H,4-5H2,1-3H3. The van der Waals surface area contributed by atoms with E-state index in [2.05, 4.69) is 4.74 Å². The minimum Gasteiger partial charge on any atom is -0.469 e. The van der Waals surface area contributed by atoms with Gasteiger partial charge in [-0.25, -0.2) is 0 Å². The Labute approximate surface area is 66.7 Å². The summed E-state index contributed by atoms with van der Waals surface area (Å²) in [6, 6.07) is 0. The van der Waals surface area contributed by atoms with E-state index in [-0.39, 0.29) is 12.4 Å². The summed E-state index contributed by atoms with van der Waals surface area (Å²) in [7, 11) is 1.33. The smallest absolute Gasteiger partial charge is 0.311 e.